The lowest BCUT2D eigenvalue weighted by molar-refractivity contribution is 0.0338. The Labute approximate surface area is 223 Å². The van der Waals surface area contributed by atoms with E-state index in [1.807, 2.05) is 46.9 Å². The highest BCUT2D eigenvalue weighted by molar-refractivity contribution is 5.67. The Morgan fingerprint density at radius 3 is 2.84 bits per heavy atom. The third-order valence-corrected chi connectivity index (χ3v) is 6.41. The molecule has 10 nitrogen and oxygen atoms in total. The molecule has 1 N–H and O–H groups in total. The molecule has 1 atom stereocenters. The molecule has 1 unspecified atom stereocenters. The zero-order valence-corrected chi connectivity index (χ0v) is 22.9. The number of nitrogens with one attached hydrogen (secondary N) is 1. The predicted molar refractivity (Wildman–Crippen MR) is 142 cm³/mol. The third kappa shape index (κ3) is 6.76. The van der Waals surface area contributed by atoms with Gasteiger partial charge in [-0.25, -0.2) is 23.7 Å². The van der Waals surface area contributed by atoms with Gasteiger partial charge in [-0.05, 0) is 58.2 Å². The third-order valence-electron chi connectivity index (χ3n) is 6.41. The number of fused-ring (bicyclic) bond motifs is 1. The van der Waals surface area contributed by atoms with Crippen LogP contribution in [-0.4, -0.2) is 62.5 Å². The first kappa shape index (κ1) is 27.7. The van der Waals surface area contributed by atoms with E-state index in [-0.39, 0.29) is 11.9 Å². The van der Waals surface area contributed by atoms with E-state index in [9.17, 15) is 9.18 Å². The Kier molecular flexibility index (Phi) is 8.78. The topological polar surface area (TPSA) is 97.1 Å². The molecule has 4 heterocycles. The van der Waals surface area contributed by atoms with Crippen molar-refractivity contribution in [1.82, 2.24) is 30.0 Å². The average molecular weight is 528 g/mol. The molecule has 3 aromatic heterocycles. The lowest BCUT2D eigenvalue weighted by Crippen LogP contribution is -2.45. The Balaban J connectivity index is 1.54. The zero-order chi connectivity index (χ0) is 27.3. The summed E-state index contributed by atoms with van der Waals surface area (Å²) < 4.78 is 27.2. The number of pyridine rings is 1. The number of carbonyl (C=O) groups excluding carboxylic acids is 1. The maximum Gasteiger partial charge on any atom is 0.422 e. The summed E-state index contributed by atoms with van der Waals surface area (Å²) in [7, 11) is 0. The van der Waals surface area contributed by atoms with Crippen LogP contribution >= 0.6 is 0 Å². The molecule has 3 aromatic rings. The van der Waals surface area contributed by atoms with Crippen molar-refractivity contribution in [2.75, 3.05) is 31.1 Å². The zero-order valence-electron chi connectivity index (χ0n) is 22.9. The van der Waals surface area contributed by atoms with Crippen LogP contribution in [-0.2, 0) is 22.5 Å². The lowest BCUT2D eigenvalue weighted by atomic mass is 10.0. The highest BCUT2D eigenvalue weighted by atomic mass is 19.1. The highest BCUT2D eigenvalue weighted by Gasteiger charge is 2.30. The Bertz CT molecular complexity index is 1240. The molecule has 4 rings (SSSR count). The van der Waals surface area contributed by atoms with Gasteiger partial charge in [0.15, 0.2) is 5.65 Å². The summed E-state index contributed by atoms with van der Waals surface area (Å²) in [6.45, 7) is 12.3. The number of rotatable bonds is 10. The van der Waals surface area contributed by atoms with Gasteiger partial charge >= 0.3 is 6.09 Å². The van der Waals surface area contributed by atoms with Crippen molar-refractivity contribution in [2.24, 2.45) is 0 Å². The van der Waals surface area contributed by atoms with E-state index in [1.165, 1.54) is 6.20 Å². The quantitative estimate of drug-likeness (QED) is 0.387. The molecular formula is C27H38FN7O3. The molecule has 0 radical (unpaired) electrons. The number of hydrogen-bond donors (Lipinski definition) is 1. The minimum absolute atomic E-state index is 0.0599. The minimum Gasteiger partial charge on any atom is -0.443 e. The number of halogens is 1. The van der Waals surface area contributed by atoms with Crippen molar-refractivity contribution >= 4 is 17.6 Å². The van der Waals surface area contributed by atoms with E-state index in [4.69, 9.17) is 14.5 Å². The molecule has 0 saturated carbocycles. The molecule has 1 amide bonds. The van der Waals surface area contributed by atoms with Crippen LogP contribution in [0.3, 0.4) is 0 Å². The van der Waals surface area contributed by atoms with Crippen molar-refractivity contribution in [1.29, 1.82) is 0 Å². The van der Waals surface area contributed by atoms with E-state index < -0.39 is 11.7 Å². The molecule has 0 bridgehead atoms. The van der Waals surface area contributed by atoms with Gasteiger partial charge in [0.05, 0.1) is 25.0 Å². The van der Waals surface area contributed by atoms with Crippen molar-refractivity contribution in [3.05, 3.63) is 53.4 Å². The molecular weight excluding hydrogens is 489 g/mol. The maximum absolute atomic E-state index is 14.5. The van der Waals surface area contributed by atoms with Gasteiger partial charge in [0.2, 0.25) is 0 Å². The van der Waals surface area contributed by atoms with E-state index in [0.717, 1.165) is 47.7 Å². The predicted octanol–water partition coefficient (Wildman–Crippen LogP) is 4.45. The van der Waals surface area contributed by atoms with Crippen molar-refractivity contribution in [2.45, 2.75) is 72.1 Å². The van der Waals surface area contributed by atoms with Crippen LogP contribution in [0, 0.1) is 5.82 Å². The SMILES string of the molecule is CCOCc1cnn2ccc(N3CCCC3c3cc(F)cnc3CCN(CC)NC(=O)OC(C)(C)C)nc12. The van der Waals surface area contributed by atoms with Gasteiger partial charge in [-0.1, -0.05) is 6.92 Å². The van der Waals surface area contributed by atoms with E-state index >= 15 is 0 Å². The van der Waals surface area contributed by atoms with Gasteiger partial charge in [-0.15, -0.1) is 0 Å². The molecule has 11 heteroatoms. The fourth-order valence-electron chi connectivity index (χ4n) is 4.69. The summed E-state index contributed by atoms with van der Waals surface area (Å²) in [6, 6.07) is 3.47. The smallest absolute Gasteiger partial charge is 0.422 e. The first-order valence-corrected chi connectivity index (χ1v) is 13.2. The number of ether oxygens (including phenoxy) is 2. The second-order valence-electron chi connectivity index (χ2n) is 10.3. The van der Waals surface area contributed by atoms with Gasteiger partial charge in [-0.2, -0.15) is 5.10 Å². The summed E-state index contributed by atoms with van der Waals surface area (Å²) in [5.41, 5.74) is 5.54. The number of amides is 1. The van der Waals surface area contributed by atoms with Gasteiger partial charge in [0.1, 0.15) is 17.2 Å². The molecule has 1 aliphatic heterocycles. The van der Waals surface area contributed by atoms with Crippen molar-refractivity contribution in [3.8, 4) is 0 Å². The van der Waals surface area contributed by atoms with Crippen molar-refractivity contribution < 1.29 is 18.7 Å². The second kappa shape index (κ2) is 12.0. The monoisotopic (exact) mass is 527 g/mol. The summed E-state index contributed by atoms with van der Waals surface area (Å²) in [5, 5.41) is 6.17. The molecule has 0 aliphatic carbocycles. The molecule has 0 aromatic carbocycles. The van der Waals surface area contributed by atoms with E-state index in [1.54, 1.807) is 21.8 Å². The Morgan fingerprint density at radius 1 is 1.29 bits per heavy atom. The molecule has 0 spiro atoms. The summed E-state index contributed by atoms with van der Waals surface area (Å²) in [6.07, 6.45) is 6.79. The number of anilines is 1. The summed E-state index contributed by atoms with van der Waals surface area (Å²) in [4.78, 5) is 23.8. The van der Waals surface area contributed by atoms with E-state index in [0.29, 0.717) is 32.7 Å². The van der Waals surface area contributed by atoms with Gasteiger partial charge in [0, 0.05) is 50.1 Å². The van der Waals surface area contributed by atoms with Crippen LogP contribution < -0.4 is 10.3 Å². The summed E-state index contributed by atoms with van der Waals surface area (Å²) >= 11 is 0. The molecule has 38 heavy (non-hydrogen) atoms. The Hall–Kier alpha value is -3.31. The minimum atomic E-state index is -0.584. The number of aromatic nitrogens is 4. The Morgan fingerprint density at radius 2 is 2.11 bits per heavy atom. The van der Waals surface area contributed by atoms with Crippen LogP contribution in [0.2, 0.25) is 0 Å². The van der Waals surface area contributed by atoms with Gasteiger partial charge in [0.25, 0.3) is 0 Å². The highest BCUT2D eigenvalue weighted by Crippen LogP contribution is 2.37. The van der Waals surface area contributed by atoms with Crippen LogP contribution in [0.5, 0.6) is 0 Å². The lowest BCUT2D eigenvalue weighted by Gasteiger charge is -2.28. The molecule has 1 fully saturated rings. The average Bonchev–Trinajstić information content (AvgIpc) is 3.51. The number of likely N-dealkylation sites (N-methyl/N-ethyl adjacent to an activating group) is 1. The number of nitrogens with zero attached hydrogens (tertiary/aromatic N) is 6. The molecule has 1 aliphatic rings. The van der Waals surface area contributed by atoms with Crippen LogP contribution in [0.1, 0.15) is 70.3 Å². The maximum atomic E-state index is 14.5. The fraction of sp³-hybridized carbons (Fsp3) is 0.556. The number of hydrazine groups is 1. The van der Waals surface area contributed by atoms with Gasteiger partial charge < -0.3 is 14.4 Å². The number of carbonyl (C=O) groups is 1. The molecule has 1 saturated heterocycles. The van der Waals surface area contributed by atoms with E-state index in [2.05, 4.69) is 20.4 Å². The second-order valence-corrected chi connectivity index (χ2v) is 10.3. The normalized spacial score (nSPS) is 16.0. The number of hydrogen-bond acceptors (Lipinski definition) is 8. The van der Waals surface area contributed by atoms with Crippen LogP contribution in [0.15, 0.2) is 30.7 Å². The standard InChI is InChI=1S/C27H38FN7O3/c1-6-33(32-26(36)38-27(3,4)5)13-10-22-21(15-20(28)17-29-22)23-9-8-12-34(23)24-11-14-35-25(31-24)19(16-30-35)18-37-7-2/h11,14-17,23H,6-10,12-13,18H2,1-5H3,(H,32,36). The van der Waals surface area contributed by atoms with Crippen LogP contribution in [0.4, 0.5) is 15.0 Å². The van der Waals surface area contributed by atoms with Crippen molar-refractivity contribution in [3.63, 3.8) is 0 Å². The molecule has 206 valence electrons. The summed E-state index contributed by atoms with van der Waals surface area (Å²) in [5.74, 6) is 0.447. The fourth-order valence-corrected chi connectivity index (χ4v) is 4.69. The first-order chi connectivity index (χ1) is 18.2. The first-order valence-electron chi connectivity index (χ1n) is 13.2. The van der Waals surface area contributed by atoms with Gasteiger partial charge in [-0.3, -0.25) is 10.4 Å². The largest absolute Gasteiger partial charge is 0.443 e. The van der Waals surface area contributed by atoms with Crippen LogP contribution in [0.25, 0.3) is 5.65 Å².